The zero-order valence-electron chi connectivity index (χ0n) is 24.1. The third-order valence-electron chi connectivity index (χ3n) is 7.43. The first-order chi connectivity index (χ1) is 21.0. The number of carbonyl (C=O) groups excluding carboxylic acids is 6. The van der Waals surface area contributed by atoms with Crippen LogP contribution in [-0.2, 0) is 42.4 Å². The smallest absolute Gasteiger partial charge is 0.259 e. The third-order valence-corrected chi connectivity index (χ3v) is 7.43. The molecule has 0 spiro atoms. The number of aryl methyl sites for hydroxylation is 2. The number of nitrogens with two attached hydrogens (primary N) is 1. The van der Waals surface area contributed by atoms with Gasteiger partial charge >= 0.3 is 0 Å². The number of hydrogen-bond acceptors (Lipinski definition) is 6. The zero-order chi connectivity index (χ0) is 31.5. The van der Waals surface area contributed by atoms with Gasteiger partial charge in [-0.2, -0.15) is 0 Å². The van der Waals surface area contributed by atoms with Crippen LogP contribution in [-0.4, -0.2) is 63.7 Å². The van der Waals surface area contributed by atoms with Crippen LogP contribution in [0.1, 0.15) is 24.5 Å². The number of imide groups is 1. The first-order valence-corrected chi connectivity index (χ1v) is 13.9. The fourth-order valence-corrected chi connectivity index (χ4v) is 5.24. The van der Waals surface area contributed by atoms with Crippen LogP contribution in [0.3, 0.4) is 0 Å². The van der Waals surface area contributed by atoms with Crippen LogP contribution in [0.5, 0.6) is 0 Å². The van der Waals surface area contributed by atoms with Crippen molar-refractivity contribution >= 4 is 68.4 Å². The van der Waals surface area contributed by atoms with Gasteiger partial charge in [-0.25, -0.2) is 0 Å². The summed E-state index contributed by atoms with van der Waals surface area (Å²) in [6, 6.07) is 14.2. The number of carbonyl (C=O) groups is 6. The molecule has 2 aromatic heterocycles. The molecule has 0 bridgehead atoms. The lowest BCUT2D eigenvalue weighted by Crippen LogP contribution is -2.47. The van der Waals surface area contributed by atoms with E-state index in [-0.39, 0.29) is 37.2 Å². The minimum atomic E-state index is -0.881. The van der Waals surface area contributed by atoms with Crippen LogP contribution < -0.4 is 27.0 Å². The molecule has 3 heterocycles. The van der Waals surface area contributed by atoms with Crippen molar-refractivity contribution in [2.75, 3.05) is 13.1 Å². The number of benzene rings is 2. The summed E-state index contributed by atoms with van der Waals surface area (Å²) >= 11 is 0. The SMILES string of the molecule is C[C@H](NC(=O)CNC(=O)CNC(=O)CCn1cc(C2=C(c3cn(C)c4ccccc34)C(=O)NC2=O)c2ccccc21)C(N)=O. The van der Waals surface area contributed by atoms with E-state index >= 15 is 0 Å². The summed E-state index contributed by atoms with van der Waals surface area (Å²) in [5, 5.41) is 11.2. The van der Waals surface area contributed by atoms with E-state index in [4.69, 9.17) is 5.73 Å². The summed E-state index contributed by atoms with van der Waals surface area (Å²) in [5.74, 6) is -3.27. The van der Waals surface area contributed by atoms with Gasteiger partial charge in [-0.1, -0.05) is 36.4 Å². The number of para-hydroxylation sites is 2. The van der Waals surface area contributed by atoms with E-state index < -0.39 is 41.5 Å². The predicted octanol–water partition coefficient (Wildman–Crippen LogP) is 0.313. The van der Waals surface area contributed by atoms with Crippen molar-refractivity contribution < 1.29 is 28.8 Å². The Hall–Kier alpha value is -5.72. The molecule has 1 atom stereocenters. The molecule has 0 fully saturated rings. The summed E-state index contributed by atoms with van der Waals surface area (Å²) in [6.07, 6.45) is 3.61. The summed E-state index contributed by atoms with van der Waals surface area (Å²) in [6.45, 7) is 0.922. The number of rotatable bonds is 11. The topological polar surface area (TPSA) is 186 Å². The van der Waals surface area contributed by atoms with Crippen LogP contribution >= 0.6 is 0 Å². The molecule has 6 amide bonds. The van der Waals surface area contributed by atoms with Gasteiger partial charge in [-0.15, -0.1) is 0 Å². The van der Waals surface area contributed by atoms with Crippen LogP contribution in [0.2, 0.25) is 0 Å². The van der Waals surface area contributed by atoms with Crippen molar-refractivity contribution in [1.29, 1.82) is 0 Å². The molecular formula is C31H31N7O6. The van der Waals surface area contributed by atoms with Gasteiger partial charge in [0.1, 0.15) is 6.04 Å². The molecule has 13 nitrogen and oxygen atoms in total. The molecule has 1 aliphatic heterocycles. The number of primary amides is 1. The highest BCUT2D eigenvalue weighted by atomic mass is 16.2. The molecule has 226 valence electrons. The van der Waals surface area contributed by atoms with Crippen molar-refractivity contribution in [2.45, 2.75) is 25.9 Å². The van der Waals surface area contributed by atoms with E-state index in [1.165, 1.54) is 6.92 Å². The summed E-state index contributed by atoms with van der Waals surface area (Å²) in [7, 11) is 1.88. The molecule has 13 heteroatoms. The second kappa shape index (κ2) is 12.3. The van der Waals surface area contributed by atoms with Crippen molar-refractivity contribution in [2.24, 2.45) is 12.8 Å². The quantitative estimate of drug-likeness (QED) is 0.155. The standard InChI is InChI=1S/C31H31N7O6/c1-17(29(32)42)35-26(41)14-34-25(40)13-33-24(39)11-12-38-16-21(19-8-4-6-10-23(19)38)28-27(30(43)36-31(28)44)20-15-37(2)22-9-5-3-7-18(20)22/h3-10,15-17H,11-14H2,1-2H3,(H2,32,42)(H,33,39)(H,34,40)(H,35,41)(H,36,43,44)/t17-/m0/s1. The Bertz CT molecular complexity index is 1880. The van der Waals surface area contributed by atoms with Crippen molar-refractivity contribution in [3.05, 3.63) is 72.1 Å². The summed E-state index contributed by atoms with van der Waals surface area (Å²) in [4.78, 5) is 73.8. The van der Waals surface area contributed by atoms with Gasteiger partial charge < -0.3 is 30.8 Å². The summed E-state index contributed by atoms with van der Waals surface area (Å²) in [5.41, 5.74) is 8.54. The number of hydrogen-bond donors (Lipinski definition) is 5. The van der Waals surface area contributed by atoms with Crippen LogP contribution in [0.25, 0.3) is 33.0 Å². The molecule has 0 aliphatic carbocycles. The molecular weight excluding hydrogens is 566 g/mol. The van der Waals surface area contributed by atoms with Crippen molar-refractivity contribution in [3.63, 3.8) is 0 Å². The van der Waals surface area contributed by atoms with E-state index in [1.807, 2.05) is 70.9 Å². The van der Waals surface area contributed by atoms with Gasteiger partial charge in [-0.05, 0) is 19.1 Å². The Morgan fingerprint density at radius 2 is 1.34 bits per heavy atom. The molecule has 4 aromatic rings. The normalized spacial score (nSPS) is 13.7. The number of nitrogens with one attached hydrogen (secondary N) is 4. The molecule has 0 saturated heterocycles. The van der Waals surface area contributed by atoms with E-state index in [1.54, 1.807) is 6.20 Å². The lowest BCUT2D eigenvalue weighted by atomic mass is 9.95. The van der Waals surface area contributed by atoms with Crippen LogP contribution in [0, 0.1) is 0 Å². The third kappa shape index (κ3) is 5.93. The average Bonchev–Trinajstić information content (AvgIpc) is 3.63. The zero-order valence-corrected chi connectivity index (χ0v) is 24.1. The fourth-order valence-electron chi connectivity index (χ4n) is 5.24. The Labute approximate surface area is 251 Å². The maximum atomic E-state index is 13.2. The monoisotopic (exact) mass is 597 g/mol. The van der Waals surface area contributed by atoms with Crippen molar-refractivity contribution in [1.82, 2.24) is 30.4 Å². The second-order valence-electron chi connectivity index (χ2n) is 10.5. The maximum absolute atomic E-state index is 13.2. The Kier molecular flexibility index (Phi) is 8.29. The first kappa shape index (κ1) is 29.8. The van der Waals surface area contributed by atoms with Crippen LogP contribution in [0.15, 0.2) is 60.9 Å². The largest absolute Gasteiger partial charge is 0.368 e. The molecule has 0 saturated carbocycles. The second-order valence-corrected chi connectivity index (χ2v) is 10.5. The lowest BCUT2D eigenvalue weighted by molar-refractivity contribution is -0.129. The Morgan fingerprint density at radius 3 is 2.00 bits per heavy atom. The van der Waals surface area contributed by atoms with Crippen molar-refractivity contribution in [3.8, 4) is 0 Å². The predicted molar refractivity (Wildman–Crippen MR) is 162 cm³/mol. The highest BCUT2D eigenvalue weighted by molar-refractivity contribution is 6.50. The van der Waals surface area contributed by atoms with E-state index in [2.05, 4.69) is 21.3 Å². The van der Waals surface area contributed by atoms with E-state index in [0.29, 0.717) is 11.1 Å². The van der Waals surface area contributed by atoms with E-state index in [9.17, 15) is 28.8 Å². The molecule has 44 heavy (non-hydrogen) atoms. The number of fused-ring (bicyclic) bond motifs is 2. The minimum absolute atomic E-state index is 0.0162. The summed E-state index contributed by atoms with van der Waals surface area (Å²) < 4.78 is 3.74. The number of nitrogens with zero attached hydrogens (tertiary/aromatic N) is 2. The average molecular weight is 598 g/mol. The minimum Gasteiger partial charge on any atom is -0.368 e. The van der Waals surface area contributed by atoms with E-state index in [0.717, 1.165) is 21.8 Å². The van der Waals surface area contributed by atoms with Gasteiger partial charge in [0.15, 0.2) is 0 Å². The fraction of sp³-hybridized carbons (Fsp3) is 0.226. The Balaban J connectivity index is 1.32. The highest BCUT2D eigenvalue weighted by Gasteiger charge is 2.35. The molecule has 6 N–H and O–H groups in total. The molecule has 0 radical (unpaired) electrons. The molecule has 0 unspecified atom stereocenters. The van der Waals surface area contributed by atoms with Gasteiger partial charge in [0.05, 0.1) is 24.2 Å². The van der Waals surface area contributed by atoms with Gasteiger partial charge in [0, 0.05) is 65.3 Å². The van der Waals surface area contributed by atoms with Gasteiger partial charge in [0.2, 0.25) is 23.6 Å². The lowest BCUT2D eigenvalue weighted by Gasteiger charge is -2.11. The maximum Gasteiger partial charge on any atom is 0.259 e. The van der Waals surface area contributed by atoms with Crippen LogP contribution in [0.4, 0.5) is 0 Å². The first-order valence-electron chi connectivity index (χ1n) is 13.9. The molecule has 2 aromatic carbocycles. The molecule has 1 aliphatic rings. The number of aromatic nitrogens is 2. The Morgan fingerprint density at radius 1 is 0.795 bits per heavy atom. The highest BCUT2D eigenvalue weighted by Crippen LogP contribution is 2.38. The van der Waals surface area contributed by atoms with Gasteiger partial charge in [-0.3, -0.25) is 34.1 Å². The number of amides is 6. The molecule has 5 rings (SSSR count). The van der Waals surface area contributed by atoms with Gasteiger partial charge in [0.25, 0.3) is 11.8 Å².